The molecular weight excluding hydrogens is 322 g/mol. The summed E-state index contributed by atoms with van der Waals surface area (Å²) in [5.41, 5.74) is 4.04. The quantitative estimate of drug-likeness (QED) is 0.855. The molecular formula is C22H27N3O. The number of hydrogen-bond donors (Lipinski definition) is 0. The Labute approximate surface area is 155 Å². The molecule has 26 heavy (non-hydrogen) atoms. The number of carbonyl (C=O) groups excluding carboxylic acids is 1. The molecule has 1 aliphatic heterocycles. The van der Waals surface area contributed by atoms with E-state index >= 15 is 0 Å². The molecule has 0 saturated carbocycles. The minimum absolute atomic E-state index is 0.162. The van der Waals surface area contributed by atoms with E-state index in [4.69, 9.17) is 0 Å². The van der Waals surface area contributed by atoms with Crippen LogP contribution in [0.1, 0.15) is 29.5 Å². The van der Waals surface area contributed by atoms with Crippen LogP contribution in [0.2, 0.25) is 0 Å². The van der Waals surface area contributed by atoms with Gasteiger partial charge < -0.3 is 4.90 Å². The van der Waals surface area contributed by atoms with Gasteiger partial charge >= 0.3 is 0 Å². The molecule has 2 aromatic rings. The van der Waals surface area contributed by atoms with Crippen molar-refractivity contribution in [2.75, 3.05) is 26.2 Å². The summed E-state index contributed by atoms with van der Waals surface area (Å²) in [7, 11) is 0. The van der Waals surface area contributed by atoms with Gasteiger partial charge in [-0.05, 0) is 48.4 Å². The fraction of sp³-hybridized carbons (Fsp3) is 0.455. The first-order valence-electron chi connectivity index (χ1n) is 9.76. The van der Waals surface area contributed by atoms with Crippen LogP contribution in [0.5, 0.6) is 0 Å². The van der Waals surface area contributed by atoms with E-state index in [1.807, 2.05) is 18.5 Å². The molecule has 2 aliphatic rings. The van der Waals surface area contributed by atoms with Gasteiger partial charge in [0.1, 0.15) is 0 Å². The topological polar surface area (TPSA) is 36.4 Å². The number of fused-ring (bicyclic) bond motifs is 1. The van der Waals surface area contributed by atoms with Gasteiger partial charge in [-0.3, -0.25) is 14.7 Å². The lowest BCUT2D eigenvalue weighted by atomic mass is 9.83. The second-order valence-corrected chi connectivity index (χ2v) is 7.52. The molecule has 1 saturated heterocycles. The predicted molar refractivity (Wildman–Crippen MR) is 103 cm³/mol. The summed E-state index contributed by atoms with van der Waals surface area (Å²) in [6.45, 7) is 4.65. The van der Waals surface area contributed by atoms with Gasteiger partial charge in [-0.25, -0.2) is 0 Å². The van der Waals surface area contributed by atoms with Crippen LogP contribution in [0.15, 0.2) is 48.8 Å². The molecule has 1 amide bonds. The van der Waals surface area contributed by atoms with Crippen molar-refractivity contribution < 1.29 is 4.79 Å². The van der Waals surface area contributed by atoms with Crippen molar-refractivity contribution >= 4 is 5.91 Å². The van der Waals surface area contributed by atoms with E-state index in [-0.39, 0.29) is 5.92 Å². The molecule has 1 aromatic heterocycles. The van der Waals surface area contributed by atoms with Crippen molar-refractivity contribution in [1.82, 2.24) is 14.8 Å². The van der Waals surface area contributed by atoms with E-state index in [1.165, 1.54) is 16.7 Å². The third kappa shape index (κ3) is 3.96. The first kappa shape index (κ1) is 17.2. The van der Waals surface area contributed by atoms with Crippen molar-refractivity contribution in [2.24, 2.45) is 5.92 Å². The predicted octanol–water partition coefficient (Wildman–Crippen LogP) is 2.92. The largest absolute Gasteiger partial charge is 0.341 e. The highest BCUT2D eigenvalue weighted by molar-refractivity contribution is 5.79. The molecule has 4 rings (SSSR count). The fourth-order valence-electron chi connectivity index (χ4n) is 4.27. The molecule has 2 heterocycles. The van der Waals surface area contributed by atoms with Crippen LogP contribution in [0.4, 0.5) is 0 Å². The molecule has 136 valence electrons. The van der Waals surface area contributed by atoms with Gasteiger partial charge in [0.05, 0.1) is 0 Å². The number of hydrogen-bond acceptors (Lipinski definition) is 3. The van der Waals surface area contributed by atoms with Crippen LogP contribution >= 0.6 is 0 Å². The highest BCUT2D eigenvalue weighted by Gasteiger charge is 2.29. The SMILES string of the molecule is O=C([C@H]1CCc2ccccc2C1)N1CCCN(Cc2cccnc2)CC1. The van der Waals surface area contributed by atoms with Crippen LogP contribution in [0.25, 0.3) is 0 Å². The minimum atomic E-state index is 0.162. The molecule has 0 bridgehead atoms. The van der Waals surface area contributed by atoms with Gasteiger partial charge in [-0.15, -0.1) is 0 Å². The lowest BCUT2D eigenvalue weighted by molar-refractivity contribution is -0.135. The van der Waals surface area contributed by atoms with Crippen molar-refractivity contribution in [1.29, 1.82) is 0 Å². The number of amides is 1. The van der Waals surface area contributed by atoms with E-state index < -0.39 is 0 Å². The molecule has 0 N–H and O–H groups in total. The van der Waals surface area contributed by atoms with Crippen LogP contribution < -0.4 is 0 Å². The maximum Gasteiger partial charge on any atom is 0.226 e. The third-order valence-corrected chi connectivity index (χ3v) is 5.73. The van der Waals surface area contributed by atoms with E-state index in [0.29, 0.717) is 5.91 Å². The van der Waals surface area contributed by atoms with Crippen LogP contribution in [0, 0.1) is 5.92 Å². The average molecular weight is 349 g/mol. The van der Waals surface area contributed by atoms with Crippen molar-refractivity contribution in [3.8, 4) is 0 Å². The molecule has 1 aromatic carbocycles. The Bertz CT molecular complexity index is 746. The Hall–Kier alpha value is -2.20. The molecule has 4 nitrogen and oxygen atoms in total. The second-order valence-electron chi connectivity index (χ2n) is 7.52. The van der Waals surface area contributed by atoms with E-state index in [2.05, 4.69) is 45.1 Å². The number of pyridine rings is 1. The number of rotatable bonds is 3. The smallest absolute Gasteiger partial charge is 0.226 e. The van der Waals surface area contributed by atoms with Gasteiger partial charge in [0.25, 0.3) is 0 Å². The zero-order chi connectivity index (χ0) is 17.8. The lowest BCUT2D eigenvalue weighted by Gasteiger charge is -2.29. The van der Waals surface area contributed by atoms with Gasteiger partial charge in [-0.1, -0.05) is 30.3 Å². The Morgan fingerprint density at radius 1 is 1.04 bits per heavy atom. The Kier molecular flexibility index (Phi) is 5.30. The summed E-state index contributed by atoms with van der Waals surface area (Å²) in [6.07, 6.45) is 7.74. The van der Waals surface area contributed by atoms with Gasteiger partial charge in [-0.2, -0.15) is 0 Å². The summed E-state index contributed by atoms with van der Waals surface area (Å²) in [5.74, 6) is 0.525. The Morgan fingerprint density at radius 2 is 1.92 bits per heavy atom. The monoisotopic (exact) mass is 349 g/mol. The molecule has 0 unspecified atom stereocenters. The Morgan fingerprint density at radius 3 is 2.77 bits per heavy atom. The van der Waals surface area contributed by atoms with Crippen LogP contribution in [0.3, 0.4) is 0 Å². The van der Waals surface area contributed by atoms with E-state index in [0.717, 1.165) is 58.4 Å². The van der Waals surface area contributed by atoms with E-state index in [9.17, 15) is 4.79 Å². The van der Waals surface area contributed by atoms with Gasteiger partial charge in [0.2, 0.25) is 5.91 Å². The van der Waals surface area contributed by atoms with Crippen LogP contribution in [-0.2, 0) is 24.2 Å². The maximum atomic E-state index is 13.1. The molecule has 4 heteroatoms. The first-order valence-corrected chi connectivity index (χ1v) is 9.76. The molecule has 0 radical (unpaired) electrons. The highest BCUT2D eigenvalue weighted by Crippen LogP contribution is 2.27. The summed E-state index contributed by atoms with van der Waals surface area (Å²) in [4.78, 5) is 21.8. The average Bonchev–Trinajstić information content (AvgIpc) is 2.93. The zero-order valence-electron chi connectivity index (χ0n) is 15.3. The summed E-state index contributed by atoms with van der Waals surface area (Å²) < 4.78 is 0. The fourth-order valence-corrected chi connectivity index (χ4v) is 4.27. The van der Waals surface area contributed by atoms with E-state index in [1.54, 1.807) is 0 Å². The second kappa shape index (κ2) is 8.00. The standard InChI is InChI=1S/C22H27N3O/c26-22(21-9-8-19-6-1-2-7-20(19)15-21)25-12-4-11-24(13-14-25)17-18-5-3-10-23-16-18/h1-3,5-7,10,16,21H,4,8-9,11-15,17H2/t21-/m0/s1. The third-order valence-electron chi connectivity index (χ3n) is 5.73. The number of nitrogens with zero attached hydrogens (tertiary/aromatic N) is 3. The minimum Gasteiger partial charge on any atom is -0.341 e. The summed E-state index contributed by atoms with van der Waals surface area (Å²) >= 11 is 0. The van der Waals surface area contributed by atoms with Crippen molar-refractivity contribution in [3.63, 3.8) is 0 Å². The number of benzene rings is 1. The van der Waals surface area contributed by atoms with Gasteiger partial charge in [0.15, 0.2) is 0 Å². The summed E-state index contributed by atoms with van der Waals surface area (Å²) in [5, 5.41) is 0. The van der Waals surface area contributed by atoms with Crippen molar-refractivity contribution in [2.45, 2.75) is 32.2 Å². The number of aromatic nitrogens is 1. The van der Waals surface area contributed by atoms with Crippen LogP contribution in [-0.4, -0.2) is 46.9 Å². The maximum absolute atomic E-state index is 13.1. The highest BCUT2D eigenvalue weighted by atomic mass is 16.2. The van der Waals surface area contributed by atoms with Gasteiger partial charge in [0, 0.05) is 51.0 Å². The molecule has 1 atom stereocenters. The Balaban J connectivity index is 1.35. The lowest BCUT2D eigenvalue weighted by Crippen LogP contribution is -2.40. The molecule has 1 aliphatic carbocycles. The zero-order valence-corrected chi connectivity index (χ0v) is 15.3. The summed E-state index contributed by atoms with van der Waals surface area (Å²) in [6, 6.07) is 12.7. The van der Waals surface area contributed by atoms with Crippen molar-refractivity contribution in [3.05, 3.63) is 65.5 Å². The number of carbonyl (C=O) groups is 1. The normalized spacial score (nSPS) is 21.1. The molecule has 0 spiro atoms. The number of aryl methyl sites for hydroxylation is 1. The first-order chi connectivity index (χ1) is 12.8. The molecule has 1 fully saturated rings.